The molecular formula is C60H107B11BrK2N4O14S2. The first-order valence-electron chi connectivity index (χ1n) is 33.9. The molecular weight excluding hydrogens is 1340 g/mol. The zero-order valence-corrected chi connectivity index (χ0v) is 67.1. The number of carbonyl (C=O) groups is 3. The van der Waals surface area contributed by atoms with Gasteiger partial charge in [-0.2, -0.15) is 8.61 Å². The summed E-state index contributed by atoms with van der Waals surface area (Å²) in [5, 5.41) is 54.6. The molecule has 16 atom stereocenters. The van der Waals surface area contributed by atoms with E-state index in [0.717, 1.165) is 123 Å². The molecule has 94 heavy (non-hydrogen) atoms. The number of nitrogens with zero attached hydrogens (tertiary/aromatic N) is 3. The molecule has 0 bridgehead atoms. The molecule has 0 spiro atoms. The third-order valence-corrected chi connectivity index (χ3v) is 28.1. The van der Waals surface area contributed by atoms with Crippen molar-refractivity contribution >= 4 is 133 Å². The minimum atomic E-state index is -3.16. The van der Waals surface area contributed by atoms with Crippen molar-refractivity contribution in [3.63, 3.8) is 0 Å². The first-order valence-corrected chi connectivity index (χ1v) is 38.8. The van der Waals surface area contributed by atoms with Crippen molar-refractivity contribution in [2.75, 3.05) is 103 Å². The SMILES string of the molecule is C.C1CCOC1.CS(=O)(=O)N1CCNCC1.C[C@@]1(O)CC[C@@]2(CO)[C@@H](CC[C@H]3[C@@H]4CC[C@H](C(=O)CBr)[C@@]4(C)CC[C@@H]32)C1.C[C@@]1(O)CC[C@@]2(CO)[C@@H](CC[C@H]3[C@@H]4CC[C@H](C(=O)CN5CCN(S(C)(=O)=O)CC5)[C@@]4(C)CC[C@@H]32)C1.O=CO[O-].[B][B]B([B])B(B([B])[B])B([B])[B].[H-].[K+].[K+]. The van der Waals surface area contributed by atoms with Gasteiger partial charge in [0, 0.05) is 170 Å². The number of rotatable bonds is 14. The number of Topliss-reactive ketones (excluding diaryl/α,β-unsaturated/α-hetero) is 2. The van der Waals surface area contributed by atoms with Crippen LogP contribution in [0.4, 0.5) is 0 Å². The molecule has 505 valence electrons. The van der Waals surface area contributed by atoms with E-state index in [4.69, 9.17) is 61.2 Å². The molecule has 0 unspecified atom stereocenters. The summed E-state index contributed by atoms with van der Waals surface area (Å²) in [5.74, 6) is 5.45. The van der Waals surface area contributed by atoms with E-state index in [1.165, 1.54) is 60.3 Å². The number of halogens is 1. The molecule has 5 N–H and O–H groups in total. The molecule has 3 aliphatic heterocycles. The Bertz CT molecular complexity index is 2580. The van der Waals surface area contributed by atoms with Crippen LogP contribution in [0.3, 0.4) is 0 Å². The summed E-state index contributed by atoms with van der Waals surface area (Å²) in [6.45, 7) is 16.4. The Labute approximate surface area is 672 Å². The predicted molar refractivity (Wildman–Crippen MR) is 379 cm³/mol. The Morgan fingerprint density at radius 1 is 0.660 bits per heavy atom. The minimum Gasteiger partial charge on any atom is -1.00 e. The number of aliphatic hydroxyl groups excluding tert-OH is 2. The zero-order chi connectivity index (χ0) is 67.5. The van der Waals surface area contributed by atoms with E-state index in [-0.39, 0.29) is 171 Å². The third-order valence-electron chi connectivity index (χ3n) is 24.9. The Hall–Kier alpha value is 2.78. The van der Waals surface area contributed by atoms with Crippen molar-refractivity contribution in [1.29, 1.82) is 0 Å². The van der Waals surface area contributed by atoms with E-state index < -0.39 is 50.4 Å². The van der Waals surface area contributed by atoms with Crippen LogP contribution in [0, 0.1) is 80.8 Å². The zero-order valence-electron chi connectivity index (χ0n) is 58.7. The topological polar surface area (TPSA) is 264 Å². The molecule has 0 aromatic heterocycles. The first kappa shape index (κ1) is 91.0. The molecule has 0 amide bonds. The Balaban J connectivity index is 0.000000447. The number of aliphatic hydroxyl groups is 4. The summed E-state index contributed by atoms with van der Waals surface area (Å²) in [5.41, 5.74) is -0.985. The van der Waals surface area contributed by atoms with Gasteiger partial charge >= 0.3 is 103 Å². The van der Waals surface area contributed by atoms with Gasteiger partial charge in [0.05, 0.1) is 35.6 Å². The van der Waals surface area contributed by atoms with Gasteiger partial charge in [-0.05, 0) is 211 Å². The van der Waals surface area contributed by atoms with Crippen molar-refractivity contribution in [2.45, 2.75) is 175 Å². The van der Waals surface area contributed by atoms with Crippen LogP contribution in [0.2, 0.25) is 0 Å². The molecule has 8 aliphatic carbocycles. The van der Waals surface area contributed by atoms with Crippen LogP contribution in [-0.4, -0.2) is 262 Å². The van der Waals surface area contributed by atoms with Crippen molar-refractivity contribution < 1.29 is 171 Å². The monoisotopic (exact) mass is 1450 g/mol. The van der Waals surface area contributed by atoms with Gasteiger partial charge in [-0.25, -0.2) is 16.8 Å². The number of nitrogens with one attached hydrogen (secondary N) is 1. The van der Waals surface area contributed by atoms with Crippen molar-refractivity contribution in [2.24, 2.45) is 80.8 Å². The standard InChI is InChI=1S/C27H46N2O5S.C22H35BrO3.C5H12N2O2S.C4H8O.CH2O3.CH4.B11.2K.H/c1-25(32)10-11-27(18-30)19(16-25)4-5-20-21-6-7-23(26(21,2)9-8-22(20)27)24(31)17-28-12-14-29(15-13-28)35(3,33)34;1-20(26)9-10-22(13-24)14(11-20)3-4-15-16-5-6-18(19(25)12-23)21(16,2)8-7-17(15)22;1-10(8,9)7-4-2-6-3-5-7;1-2-4-5-3-1;2-1-4-3;;1-7-10(6)11(8(2)3)9(4)5;;;/h19-23,30,32H,4-18H2,1-3H3;14-18,24,26H,3-13H2,1-2H3;6H,2-5H2,1H3;1-4H2;1,3H;1H4;;;;/q;;;;;;;2*+1;-1/p-1/t19-,20-,21-,22-,23+,25+,26-,27+;14-,15-,16-,17-,18+,20+,21-,22+;;;;;;;;/m00......../s1. The maximum absolute atomic E-state index is 13.6. The second kappa shape index (κ2) is 39.9. The fraction of sp³-hybridized carbons (Fsp3) is 0.950. The number of fused-ring (bicyclic) bond motifs is 10. The van der Waals surface area contributed by atoms with Crippen molar-refractivity contribution in [1.82, 2.24) is 18.8 Å². The van der Waals surface area contributed by atoms with Gasteiger partial charge < -0.3 is 42.1 Å². The van der Waals surface area contributed by atoms with Gasteiger partial charge in [0.1, 0.15) is 11.6 Å². The smallest absolute Gasteiger partial charge is 1.00 e. The van der Waals surface area contributed by atoms with Crippen LogP contribution >= 0.6 is 15.9 Å². The fourth-order valence-corrected chi connectivity index (χ4v) is 22.2. The molecule has 11 aliphatic rings. The first-order chi connectivity index (χ1) is 42.7. The average molecular weight is 1450 g/mol. The number of hydrogen-bond acceptors (Lipinski definition) is 16. The number of carbonyl (C=O) groups excluding carboxylic acids is 3. The second-order valence-electron chi connectivity index (χ2n) is 30.3. The number of alkyl halides is 1. The van der Waals surface area contributed by atoms with Gasteiger partial charge in [-0.15, -0.1) is 0 Å². The Morgan fingerprint density at radius 2 is 1.06 bits per heavy atom. The quantitative estimate of drug-likeness (QED) is 0.0361. The van der Waals surface area contributed by atoms with Gasteiger partial charge in [0.15, 0.2) is 0 Å². The molecule has 18 nitrogen and oxygen atoms in total. The normalized spacial score (nSPS) is 37.2. The van der Waals surface area contributed by atoms with Gasteiger partial charge in [0.25, 0.3) is 6.47 Å². The molecule has 3 saturated heterocycles. The maximum atomic E-state index is 13.6. The van der Waals surface area contributed by atoms with E-state index in [1.807, 2.05) is 13.8 Å². The van der Waals surface area contributed by atoms with Gasteiger partial charge in [-0.3, -0.25) is 19.3 Å². The maximum Gasteiger partial charge on any atom is 1.00 e. The molecule has 3 heterocycles. The molecule has 0 aromatic rings. The number of piperazine rings is 2. The largest absolute Gasteiger partial charge is 1.00 e. The van der Waals surface area contributed by atoms with E-state index in [9.17, 15) is 46.9 Å². The van der Waals surface area contributed by atoms with Crippen molar-refractivity contribution in [3.05, 3.63) is 0 Å². The summed E-state index contributed by atoms with van der Waals surface area (Å²) in [6, 6.07) is 0. The number of sulfonamides is 2. The molecule has 8 saturated carbocycles. The average Bonchev–Trinajstić information content (AvgIpc) is 1.71. The molecule has 0 aromatic carbocycles. The third kappa shape index (κ3) is 22.4. The summed E-state index contributed by atoms with van der Waals surface area (Å²) in [4.78, 5) is 39.5. The predicted octanol–water partition coefficient (Wildman–Crippen LogP) is -4.50. The van der Waals surface area contributed by atoms with Crippen LogP contribution < -0.4 is 113 Å². The molecule has 34 heteroatoms. The van der Waals surface area contributed by atoms with Crippen LogP contribution in [0.1, 0.15) is 165 Å². The van der Waals surface area contributed by atoms with Crippen molar-refractivity contribution in [3.8, 4) is 0 Å². The second-order valence-corrected chi connectivity index (χ2v) is 34.8. The van der Waals surface area contributed by atoms with Gasteiger partial charge in [0.2, 0.25) is 20.0 Å². The van der Waals surface area contributed by atoms with Crippen LogP contribution in [0.5, 0.6) is 0 Å². The van der Waals surface area contributed by atoms with E-state index >= 15 is 0 Å². The fourth-order valence-electron chi connectivity index (χ4n) is 20.2. The summed E-state index contributed by atoms with van der Waals surface area (Å²) >= 11 is 3.40. The number of ether oxygens (including phenoxy) is 1. The van der Waals surface area contributed by atoms with Crippen LogP contribution in [0.15, 0.2) is 0 Å². The number of hydrogen-bond donors (Lipinski definition) is 5. The van der Waals surface area contributed by atoms with E-state index in [0.29, 0.717) is 110 Å². The molecule has 11 rings (SSSR count). The Kier molecular flexibility index (Phi) is 38.7. The number of ketones is 2. The van der Waals surface area contributed by atoms with Crippen LogP contribution in [-0.2, 0) is 44.1 Å². The summed E-state index contributed by atoms with van der Waals surface area (Å²) < 4.78 is 53.3. The Morgan fingerprint density at radius 3 is 1.38 bits per heavy atom. The summed E-state index contributed by atoms with van der Waals surface area (Å²) in [6.07, 6.45) is 21.4. The summed E-state index contributed by atoms with van der Waals surface area (Å²) in [7, 11) is 27.4. The van der Waals surface area contributed by atoms with Crippen LogP contribution in [0.25, 0.3) is 0 Å². The van der Waals surface area contributed by atoms with Gasteiger partial charge in [-0.1, -0.05) is 37.2 Å². The van der Waals surface area contributed by atoms with E-state index in [2.05, 4.69) is 44.9 Å². The molecule has 13 radical (unpaired) electrons. The minimum absolute atomic E-state index is 0. The molecule has 11 fully saturated rings. The van der Waals surface area contributed by atoms with E-state index in [1.54, 1.807) is 0 Å².